The van der Waals surface area contributed by atoms with Gasteiger partial charge in [0, 0.05) is 18.7 Å². The second-order valence-electron chi connectivity index (χ2n) is 6.48. The smallest absolute Gasteiger partial charge is 0.273 e. The van der Waals surface area contributed by atoms with Crippen LogP contribution in [0, 0.1) is 10.1 Å². The summed E-state index contributed by atoms with van der Waals surface area (Å²) in [5.74, 6) is 1.10. The Labute approximate surface area is 162 Å². The van der Waals surface area contributed by atoms with Crippen LogP contribution in [0.2, 0.25) is 0 Å². The molecule has 0 aromatic heterocycles. The van der Waals surface area contributed by atoms with Gasteiger partial charge in [-0.2, -0.15) is 0 Å². The van der Waals surface area contributed by atoms with E-state index in [-0.39, 0.29) is 30.0 Å². The highest BCUT2D eigenvalue weighted by molar-refractivity contribution is 5.78. The number of nitro groups is 1. The molecule has 3 rings (SSSR count). The van der Waals surface area contributed by atoms with Crippen LogP contribution < -0.4 is 14.2 Å². The molecular weight excluding hydrogens is 364 g/mol. The van der Waals surface area contributed by atoms with Gasteiger partial charge in [-0.1, -0.05) is 12.1 Å². The first-order chi connectivity index (χ1) is 13.5. The fraction of sp³-hybridized carbons (Fsp3) is 0.350. The SMILES string of the molecule is COc1ccc(CN(C(=O)COc2cc([N+](=O)[O-])ccc2OC)C2CC2)cc1. The Kier molecular flexibility index (Phi) is 5.98. The molecule has 148 valence electrons. The van der Waals surface area contributed by atoms with E-state index in [1.54, 1.807) is 12.0 Å². The second-order valence-corrected chi connectivity index (χ2v) is 6.48. The predicted molar refractivity (Wildman–Crippen MR) is 102 cm³/mol. The Balaban J connectivity index is 1.68. The van der Waals surface area contributed by atoms with E-state index in [2.05, 4.69) is 0 Å². The molecule has 0 heterocycles. The van der Waals surface area contributed by atoms with Gasteiger partial charge >= 0.3 is 0 Å². The van der Waals surface area contributed by atoms with Crippen LogP contribution in [-0.2, 0) is 11.3 Å². The number of rotatable bonds is 9. The number of hydrogen-bond donors (Lipinski definition) is 0. The summed E-state index contributed by atoms with van der Waals surface area (Å²) >= 11 is 0. The normalized spacial score (nSPS) is 12.9. The molecule has 0 radical (unpaired) electrons. The van der Waals surface area contributed by atoms with Crippen molar-refractivity contribution in [2.75, 3.05) is 20.8 Å². The Bertz CT molecular complexity index is 848. The van der Waals surface area contributed by atoms with Crippen LogP contribution in [-0.4, -0.2) is 42.6 Å². The van der Waals surface area contributed by atoms with Gasteiger partial charge in [0.05, 0.1) is 25.2 Å². The largest absolute Gasteiger partial charge is 0.497 e. The topological polar surface area (TPSA) is 91.1 Å². The number of nitro benzene ring substituents is 1. The van der Waals surface area contributed by atoms with Crippen LogP contribution in [0.4, 0.5) is 5.69 Å². The molecule has 0 aliphatic heterocycles. The maximum Gasteiger partial charge on any atom is 0.273 e. The first kappa shape index (κ1) is 19.5. The number of amides is 1. The van der Waals surface area contributed by atoms with Crippen LogP contribution in [0.25, 0.3) is 0 Å². The van der Waals surface area contributed by atoms with Gasteiger partial charge < -0.3 is 19.1 Å². The van der Waals surface area contributed by atoms with E-state index in [0.717, 1.165) is 24.2 Å². The van der Waals surface area contributed by atoms with Crippen LogP contribution >= 0.6 is 0 Å². The van der Waals surface area contributed by atoms with Gasteiger partial charge in [0.1, 0.15) is 5.75 Å². The molecule has 0 spiro atoms. The van der Waals surface area contributed by atoms with Crippen molar-refractivity contribution in [3.63, 3.8) is 0 Å². The quantitative estimate of drug-likeness (QED) is 0.486. The lowest BCUT2D eigenvalue weighted by atomic mass is 10.2. The van der Waals surface area contributed by atoms with Gasteiger partial charge in [-0.15, -0.1) is 0 Å². The van der Waals surface area contributed by atoms with Crippen LogP contribution in [0.1, 0.15) is 18.4 Å². The molecule has 0 N–H and O–H groups in total. The molecule has 1 aliphatic rings. The number of carbonyl (C=O) groups excluding carboxylic acids is 1. The Morgan fingerprint density at radius 3 is 2.39 bits per heavy atom. The van der Waals surface area contributed by atoms with Gasteiger partial charge in [-0.25, -0.2) is 0 Å². The fourth-order valence-corrected chi connectivity index (χ4v) is 2.85. The minimum atomic E-state index is -0.520. The number of ether oxygens (including phenoxy) is 3. The average molecular weight is 386 g/mol. The van der Waals surface area contributed by atoms with E-state index >= 15 is 0 Å². The third kappa shape index (κ3) is 4.70. The first-order valence-electron chi connectivity index (χ1n) is 8.89. The number of non-ortho nitro benzene ring substituents is 1. The summed E-state index contributed by atoms with van der Waals surface area (Å²) in [6.45, 7) is 0.257. The summed E-state index contributed by atoms with van der Waals surface area (Å²) in [6, 6.07) is 11.8. The average Bonchev–Trinajstić information content (AvgIpc) is 3.55. The lowest BCUT2D eigenvalue weighted by Gasteiger charge is -2.23. The molecule has 1 fully saturated rings. The van der Waals surface area contributed by atoms with Crippen molar-refractivity contribution in [3.05, 3.63) is 58.1 Å². The van der Waals surface area contributed by atoms with Crippen LogP contribution in [0.5, 0.6) is 17.2 Å². The third-order valence-electron chi connectivity index (χ3n) is 4.53. The van der Waals surface area contributed by atoms with E-state index in [0.29, 0.717) is 12.3 Å². The highest BCUT2D eigenvalue weighted by Crippen LogP contribution is 2.32. The Morgan fingerprint density at radius 1 is 1.11 bits per heavy atom. The van der Waals surface area contributed by atoms with Gasteiger partial charge in [0.2, 0.25) is 0 Å². The third-order valence-corrected chi connectivity index (χ3v) is 4.53. The van der Waals surface area contributed by atoms with Crippen molar-refractivity contribution in [1.29, 1.82) is 0 Å². The van der Waals surface area contributed by atoms with E-state index in [4.69, 9.17) is 14.2 Å². The van der Waals surface area contributed by atoms with Crippen molar-refractivity contribution in [2.24, 2.45) is 0 Å². The van der Waals surface area contributed by atoms with Crippen molar-refractivity contribution in [2.45, 2.75) is 25.4 Å². The molecule has 1 aliphatic carbocycles. The second kappa shape index (κ2) is 8.60. The lowest BCUT2D eigenvalue weighted by molar-refractivity contribution is -0.385. The molecule has 2 aromatic carbocycles. The van der Waals surface area contributed by atoms with Gasteiger partial charge in [-0.05, 0) is 36.6 Å². The van der Waals surface area contributed by atoms with Crippen molar-refractivity contribution >= 4 is 11.6 Å². The van der Waals surface area contributed by atoms with Crippen molar-refractivity contribution in [1.82, 2.24) is 4.90 Å². The number of carbonyl (C=O) groups is 1. The van der Waals surface area contributed by atoms with Gasteiger partial charge in [0.15, 0.2) is 18.1 Å². The maximum atomic E-state index is 12.7. The lowest BCUT2D eigenvalue weighted by Crippen LogP contribution is -2.36. The summed E-state index contributed by atoms with van der Waals surface area (Å²) in [6.07, 6.45) is 1.92. The molecule has 8 nitrogen and oxygen atoms in total. The minimum absolute atomic E-state index is 0.125. The number of benzene rings is 2. The van der Waals surface area contributed by atoms with Crippen LogP contribution in [0.15, 0.2) is 42.5 Å². The van der Waals surface area contributed by atoms with Gasteiger partial charge in [-0.3, -0.25) is 14.9 Å². The number of nitrogens with zero attached hydrogens (tertiary/aromatic N) is 2. The summed E-state index contributed by atoms with van der Waals surface area (Å²) in [7, 11) is 3.05. The zero-order valence-corrected chi connectivity index (χ0v) is 15.8. The summed E-state index contributed by atoms with van der Waals surface area (Å²) in [4.78, 5) is 25.0. The molecule has 2 aromatic rings. The molecule has 0 unspecified atom stereocenters. The summed E-state index contributed by atoms with van der Waals surface area (Å²) in [5, 5.41) is 11.0. The summed E-state index contributed by atoms with van der Waals surface area (Å²) < 4.78 is 15.9. The van der Waals surface area contributed by atoms with Crippen molar-refractivity contribution in [3.8, 4) is 17.2 Å². The number of methoxy groups -OCH3 is 2. The van der Waals surface area contributed by atoms with E-state index < -0.39 is 4.92 Å². The molecule has 0 saturated heterocycles. The van der Waals surface area contributed by atoms with Crippen molar-refractivity contribution < 1.29 is 23.9 Å². The van der Waals surface area contributed by atoms with E-state index in [1.807, 2.05) is 24.3 Å². The predicted octanol–water partition coefficient (Wildman–Crippen LogP) is 3.18. The maximum absolute atomic E-state index is 12.7. The minimum Gasteiger partial charge on any atom is -0.497 e. The molecular formula is C20H22N2O6. The fourth-order valence-electron chi connectivity index (χ4n) is 2.85. The van der Waals surface area contributed by atoms with E-state index in [1.165, 1.54) is 25.3 Å². The Hall–Kier alpha value is -3.29. The first-order valence-corrected chi connectivity index (χ1v) is 8.89. The summed E-state index contributed by atoms with van der Waals surface area (Å²) in [5.41, 5.74) is 0.870. The van der Waals surface area contributed by atoms with Gasteiger partial charge in [0.25, 0.3) is 11.6 Å². The Morgan fingerprint density at radius 2 is 1.82 bits per heavy atom. The standard InChI is InChI=1S/C20H22N2O6/c1-26-17-8-3-14(4-9-17)12-21(15-5-6-15)20(23)13-28-19-11-16(22(24)25)7-10-18(19)27-2/h3-4,7-11,15H,5-6,12-13H2,1-2H3. The highest BCUT2D eigenvalue weighted by Gasteiger charge is 2.32. The molecule has 0 bridgehead atoms. The van der Waals surface area contributed by atoms with Crippen LogP contribution in [0.3, 0.4) is 0 Å². The monoisotopic (exact) mass is 386 g/mol. The zero-order chi connectivity index (χ0) is 20.1. The molecule has 0 atom stereocenters. The molecule has 1 amide bonds. The molecule has 8 heteroatoms. The van der Waals surface area contributed by atoms with E-state index in [9.17, 15) is 14.9 Å². The highest BCUT2D eigenvalue weighted by atomic mass is 16.6. The molecule has 28 heavy (non-hydrogen) atoms. The zero-order valence-electron chi connectivity index (χ0n) is 15.8. The number of hydrogen-bond acceptors (Lipinski definition) is 6. The molecule has 1 saturated carbocycles.